The summed E-state index contributed by atoms with van der Waals surface area (Å²) in [6, 6.07) is 0.410. The second-order valence-corrected chi connectivity index (χ2v) is 13.7. The van der Waals surface area contributed by atoms with Crippen LogP contribution in [0.3, 0.4) is 0 Å². The molecule has 0 aromatic carbocycles. The van der Waals surface area contributed by atoms with Crippen LogP contribution in [0.5, 0.6) is 0 Å². The molecule has 0 aliphatic rings. The highest BCUT2D eigenvalue weighted by molar-refractivity contribution is 6.76. The third-order valence-electron chi connectivity index (χ3n) is 4.29. The number of aromatic nitrogens is 6. The average Bonchev–Trinajstić information content (AvgIpc) is 2.89. The van der Waals surface area contributed by atoms with Crippen molar-refractivity contribution < 1.29 is 9.13 Å². The van der Waals surface area contributed by atoms with E-state index in [2.05, 4.69) is 39.6 Å². The maximum Gasteiger partial charge on any atom is 0.332 e. The second-order valence-electron chi connectivity index (χ2n) is 7.71. The van der Waals surface area contributed by atoms with Crippen LogP contribution in [0.2, 0.25) is 31.0 Å². The lowest BCUT2D eigenvalue weighted by molar-refractivity contribution is 0.0870. The van der Waals surface area contributed by atoms with Gasteiger partial charge < -0.3 is 4.74 Å². The molecule has 3 heterocycles. The van der Waals surface area contributed by atoms with Crippen LogP contribution in [0.15, 0.2) is 23.4 Å². The van der Waals surface area contributed by atoms with Crippen molar-refractivity contribution in [3.8, 4) is 0 Å². The van der Waals surface area contributed by atoms with Gasteiger partial charge in [0.15, 0.2) is 17.3 Å². The first-order valence-electron chi connectivity index (χ1n) is 8.86. The van der Waals surface area contributed by atoms with E-state index in [-0.39, 0.29) is 23.5 Å². The van der Waals surface area contributed by atoms with Gasteiger partial charge in [-0.2, -0.15) is 4.98 Å². The van der Waals surface area contributed by atoms with E-state index < -0.39 is 19.9 Å². The highest BCUT2D eigenvalue weighted by Crippen LogP contribution is 2.20. The molecule has 0 saturated carbocycles. The number of hydrogen-bond acceptors (Lipinski definition) is 6. The van der Waals surface area contributed by atoms with E-state index in [1.165, 1.54) is 15.3 Å². The summed E-state index contributed by atoms with van der Waals surface area (Å²) < 4.78 is 21.8. The highest BCUT2D eigenvalue weighted by Gasteiger charge is 2.22. The minimum absolute atomic E-state index is 0.0188. The molecule has 8 nitrogen and oxygen atoms in total. The monoisotopic (exact) mass is 424 g/mol. The SMILES string of the molecule is C[C@H](c1ncc(F)cn1)n1c(=O)n(COCC[Si](C)(C)C)c2cnc(Cl)nc21. The molecule has 3 rings (SSSR count). The Kier molecular flexibility index (Phi) is 5.92. The van der Waals surface area contributed by atoms with Crippen LogP contribution >= 0.6 is 11.6 Å². The largest absolute Gasteiger partial charge is 0.361 e. The maximum absolute atomic E-state index is 13.1. The van der Waals surface area contributed by atoms with Crippen LogP contribution in [0.25, 0.3) is 11.2 Å². The third kappa shape index (κ3) is 4.45. The summed E-state index contributed by atoms with van der Waals surface area (Å²) in [5.74, 6) is -0.260. The van der Waals surface area contributed by atoms with E-state index in [0.29, 0.717) is 17.8 Å². The topological polar surface area (TPSA) is 87.7 Å². The van der Waals surface area contributed by atoms with Crippen molar-refractivity contribution in [3.63, 3.8) is 0 Å². The number of halogens is 2. The summed E-state index contributed by atoms with van der Waals surface area (Å²) in [4.78, 5) is 29.2. The molecule has 150 valence electrons. The van der Waals surface area contributed by atoms with E-state index in [9.17, 15) is 9.18 Å². The van der Waals surface area contributed by atoms with Crippen molar-refractivity contribution >= 4 is 30.8 Å². The zero-order chi connectivity index (χ0) is 20.5. The zero-order valence-corrected chi connectivity index (χ0v) is 17.9. The predicted molar refractivity (Wildman–Crippen MR) is 107 cm³/mol. The molecule has 0 fully saturated rings. The van der Waals surface area contributed by atoms with Crippen molar-refractivity contribution in [2.75, 3.05) is 6.61 Å². The Morgan fingerprint density at radius 2 is 1.89 bits per heavy atom. The Morgan fingerprint density at radius 1 is 1.21 bits per heavy atom. The molecule has 0 aliphatic carbocycles. The molecular weight excluding hydrogens is 403 g/mol. The Balaban J connectivity index is 1.98. The van der Waals surface area contributed by atoms with E-state index >= 15 is 0 Å². The third-order valence-corrected chi connectivity index (χ3v) is 6.18. The van der Waals surface area contributed by atoms with Gasteiger partial charge in [0.25, 0.3) is 0 Å². The lowest BCUT2D eigenvalue weighted by Gasteiger charge is -2.15. The van der Waals surface area contributed by atoms with Gasteiger partial charge in [0.2, 0.25) is 5.28 Å². The van der Waals surface area contributed by atoms with E-state index in [0.717, 1.165) is 18.4 Å². The van der Waals surface area contributed by atoms with Gasteiger partial charge in [0.05, 0.1) is 24.6 Å². The number of fused-ring (bicyclic) bond motifs is 1. The smallest absolute Gasteiger partial charge is 0.332 e. The quantitative estimate of drug-likeness (QED) is 0.329. The number of ether oxygens (including phenoxy) is 1. The summed E-state index contributed by atoms with van der Waals surface area (Å²) in [6.45, 7) is 9.16. The van der Waals surface area contributed by atoms with E-state index in [1.807, 2.05) is 0 Å². The molecule has 1 atom stereocenters. The molecule has 3 aromatic rings. The van der Waals surface area contributed by atoms with Crippen LogP contribution in [-0.4, -0.2) is 43.8 Å². The molecule has 11 heteroatoms. The van der Waals surface area contributed by atoms with Gasteiger partial charge in [0.1, 0.15) is 12.2 Å². The lowest BCUT2D eigenvalue weighted by atomic mass is 10.3. The summed E-state index contributed by atoms with van der Waals surface area (Å²) >= 11 is 5.95. The van der Waals surface area contributed by atoms with Gasteiger partial charge >= 0.3 is 5.69 Å². The molecule has 0 radical (unpaired) electrons. The molecule has 0 saturated heterocycles. The van der Waals surface area contributed by atoms with Gasteiger partial charge in [-0.05, 0) is 24.6 Å². The molecule has 0 aliphatic heterocycles. The van der Waals surface area contributed by atoms with Crippen molar-refractivity contribution in [2.45, 2.75) is 45.4 Å². The zero-order valence-electron chi connectivity index (χ0n) is 16.2. The Hall–Kier alpha value is -2.17. The molecule has 0 bridgehead atoms. The summed E-state index contributed by atoms with van der Waals surface area (Å²) in [5.41, 5.74) is 0.496. The molecule has 0 amide bonds. The van der Waals surface area contributed by atoms with E-state index in [4.69, 9.17) is 16.3 Å². The van der Waals surface area contributed by atoms with Crippen LogP contribution in [0, 0.1) is 5.82 Å². The minimum Gasteiger partial charge on any atom is -0.361 e. The van der Waals surface area contributed by atoms with Gasteiger partial charge in [-0.3, -0.25) is 9.13 Å². The lowest BCUT2D eigenvalue weighted by Crippen LogP contribution is -2.29. The van der Waals surface area contributed by atoms with Crippen LogP contribution in [0.4, 0.5) is 4.39 Å². The molecule has 0 spiro atoms. The molecule has 0 N–H and O–H groups in total. The van der Waals surface area contributed by atoms with Crippen molar-refractivity contribution in [1.82, 2.24) is 29.1 Å². The average molecular weight is 425 g/mol. The Morgan fingerprint density at radius 3 is 2.54 bits per heavy atom. The highest BCUT2D eigenvalue weighted by atomic mass is 35.5. The fraction of sp³-hybridized carbons (Fsp3) is 0.471. The number of rotatable bonds is 7. The Labute approximate surface area is 167 Å². The summed E-state index contributed by atoms with van der Waals surface area (Å²) in [6.07, 6.45) is 3.61. The molecule has 28 heavy (non-hydrogen) atoms. The normalized spacial score (nSPS) is 13.2. The first kappa shape index (κ1) is 20.6. The fourth-order valence-corrected chi connectivity index (χ4v) is 3.58. The van der Waals surface area contributed by atoms with Crippen LogP contribution in [-0.2, 0) is 11.5 Å². The van der Waals surface area contributed by atoms with E-state index in [1.54, 1.807) is 6.92 Å². The first-order chi connectivity index (χ1) is 13.2. The van der Waals surface area contributed by atoms with Crippen molar-refractivity contribution in [3.05, 3.63) is 46.0 Å². The molecular formula is C17H22ClFN6O2Si. The second kappa shape index (κ2) is 8.06. The Bertz CT molecular complexity index is 1030. The summed E-state index contributed by atoms with van der Waals surface area (Å²) in [5, 5.41) is 0.0188. The van der Waals surface area contributed by atoms with Gasteiger partial charge in [-0.25, -0.2) is 24.1 Å². The minimum atomic E-state index is -1.24. The van der Waals surface area contributed by atoms with Gasteiger partial charge in [0, 0.05) is 14.7 Å². The van der Waals surface area contributed by atoms with Gasteiger partial charge in [-0.1, -0.05) is 19.6 Å². The number of nitrogens with zero attached hydrogens (tertiary/aromatic N) is 6. The summed E-state index contributed by atoms with van der Waals surface area (Å²) in [7, 11) is -1.24. The number of imidazole rings is 1. The predicted octanol–water partition coefficient (Wildman–Crippen LogP) is 3.10. The van der Waals surface area contributed by atoms with Crippen molar-refractivity contribution in [2.24, 2.45) is 0 Å². The molecule has 3 aromatic heterocycles. The van der Waals surface area contributed by atoms with Crippen LogP contribution in [0.1, 0.15) is 18.8 Å². The van der Waals surface area contributed by atoms with Gasteiger partial charge in [-0.15, -0.1) is 0 Å². The molecule has 0 unspecified atom stereocenters. The maximum atomic E-state index is 13.1. The van der Waals surface area contributed by atoms with Crippen LogP contribution < -0.4 is 5.69 Å². The standard InChI is InChI=1S/C17H22ClFN6O2Si/c1-11(14-20-7-12(19)8-21-14)25-15-13(9-22-16(18)23-15)24(17(25)26)10-27-5-6-28(2,3)4/h7-9,11H,5-6,10H2,1-4H3/t11-/m1/s1. The fourth-order valence-electron chi connectivity index (χ4n) is 2.70. The first-order valence-corrected chi connectivity index (χ1v) is 12.9. The van der Waals surface area contributed by atoms with Crippen molar-refractivity contribution in [1.29, 1.82) is 0 Å². The number of hydrogen-bond donors (Lipinski definition) is 0.